The SMILES string of the molecule is CCCOc1ccc(/C=C(/C#N)C(=O)Nc2ccc(F)cc2)cc1OCC. The molecule has 0 heterocycles. The topological polar surface area (TPSA) is 71.3 Å². The number of halogens is 1. The van der Waals surface area contributed by atoms with Crippen LogP contribution in [0.15, 0.2) is 48.0 Å². The van der Waals surface area contributed by atoms with Crippen LogP contribution in [0.1, 0.15) is 25.8 Å². The zero-order valence-electron chi connectivity index (χ0n) is 15.3. The molecule has 5 nitrogen and oxygen atoms in total. The van der Waals surface area contributed by atoms with E-state index in [1.807, 2.05) is 19.9 Å². The van der Waals surface area contributed by atoms with Crippen LogP contribution >= 0.6 is 0 Å². The molecule has 2 rings (SSSR count). The van der Waals surface area contributed by atoms with Gasteiger partial charge in [-0.1, -0.05) is 13.0 Å². The lowest BCUT2D eigenvalue weighted by atomic mass is 10.1. The Morgan fingerprint density at radius 3 is 2.52 bits per heavy atom. The zero-order valence-corrected chi connectivity index (χ0v) is 15.3. The van der Waals surface area contributed by atoms with Crippen LogP contribution in [-0.2, 0) is 4.79 Å². The van der Waals surface area contributed by atoms with Crippen LogP contribution in [0.4, 0.5) is 10.1 Å². The standard InChI is InChI=1S/C21H21FN2O3/c1-3-11-27-19-10-5-15(13-20(19)26-4-2)12-16(14-23)21(25)24-18-8-6-17(22)7-9-18/h5-10,12-13H,3-4,11H2,1-2H3,(H,24,25)/b16-12-. The minimum absolute atomic E-state index is 0.0796. The van der Waals surface area contributed by atoms with E-state index in [2.05, 4.69) is 5.32 Å². The largest absolute Gasteiger partial charge is 0.490 e. The minimum Gasteiger partial charge on any atom is -0.490 e. The molecule has 0 bridgehead atoms. The normalized spacial score (nSPS) is 10.8. The molecule has 2 aromatic rings. The Kier molecular flexibility index (Phi) is 7.38. The van der Waals surface area contributed by atoms with Gasteiger partial charge in [0.1, 0.15) is 17.5 Å². The molecule has 6 heteroatoms. The number of hydrogen-bond donors (Lipinski definition) is 1. The van der Waals surface area contributed by atoms with Gasteiger partial charge in [0.25, 0.3) is 5.91 Å². The molecule has 0 radical (unpaired) electrons. The number of hydrogen-bond acceptors (Lipinski definition) is 4. The van der Waals surface area contributed by atoms with Crippen LogP contribution in [0.25, 0.3) is 6.08 Å². The lowest BCUT2D eigenvalue weighted by Gasteiger charge is -2.12. The highest BCUT2D eigenvalue weighted by Gasteiger charge is 2.11. The van der Waals surface area contributed by atoms with Crippen LogP contribution < -0.4 is 14.8 Å². The monoisotopic (exact) mass is 368 g/mol. The summed E-state index contributed by atoms with van der Waals surface area (Å²) >= 11 is 0. The highest BCUT2D eigenvalue weighted by molar-refractivity contribution is 6.09. The van der Waals surface area contributed by atoms with Gasteiger partial charge >= 0.3 is 0 Å². The number of ether oxygens (including phenoxy) is 2. The summed E-state index contributed by atoms with van der Waals surface area (Å²) in [5, 5.41) is 11.9. The molecule has 2 aromatic carbocycles. The number of nitriles is 1. The number of carbonyl (C=O) groups excluding carboxylic acids is 1. The van der Waals surface area contributed by atoms with Crippen LogP contribution in [0, 0.1) is 17.1 Å². The van der Waals surface area contributed by atoms with Crippen molar-refractivity contribution in [3.8, 4) is 17.6 Å². The fraction of sp³-hybridized carbons (Fsp3) is 0.238. The third-order valence-corrected chi connectivity index (χ3v) is 3.51. The van der Waals surface area contributed by atoms with Gasteiger partial charge in [0.2, 0.25) is 0 Å². The maximum absolute atomic E-state index is 12.9. The van der Waals surface area contributed by atoms with Gasteiger partial charge in [-0.3, -0.25) is 4.79 Å². The molecule has 0 unspecified atom stereocenters. The molecule has 1 N–H and O–H groups in total. The summed E-state index contributed by atoms with van der Waals surface area (Å²) < 4.78 is 24.2. The van der Waals surface area contributed by atoms with Crippen molar-refractivity contribution >= 4 is 17.7 Å². The first-order chi connectivity index (χ1) is 13.1. The summed E-state index contributed by atoms with van der Waals surface area (Å²) in [6.07, 6.45) is 2.33. The Balaban J connectivity index is 2.22. The third-order valence-electron chi connectivity index (χ3n) is 3.51. The Morgan fingerprint density at radius 1 is 1.15 bits per heavy atom. The second-order valence-corrected chi connectivity index (χ2v) is 5.62. The van der Waals surface area contributed by atoms with Crippen molar-refractivity contribution in [2.45, 2.75) is 20.3 Å². The number of anilines is 1. The van der Waals surface area contributed by atoms with E-state index >= 15 is 0 Å². The first-order valence-electron chi connectivity index (χ1n) is 8.65. The quantitative estimate of drug-likeness (QED) is 0.548. The fourth-order valence-corrected chi connectivity index (χ4v) is 2.26. The molecular weight excluding hydrogens is 347 g/mol. The van der Waals surface area contributed by atoms with Crippen molar-refractivity contribution in [2.24, 2.45) is 0 Å². The first kappa shape index (κ1) is 20.0. The van der Waals surface area contributed by atoms with Crippen molar-refractivity contribution in [1.82, 2.24) is 0 Å². The van der Waals surface area contributed by atoms with E-state index in [0.717, 1.165) is 6.42 Å². The molecule has 0 saturated heterocycles. The highest BCUT2D eigenvalue weighted by atomic mass is 19.1. The van der Waals surface area contributed by atoms with E-state index in [-0.39, 0.29) is 5.57 Å². The van der Waals surface area contributed by atoms with Crippen LogP contribution in [0.3, 0.4) is 0 Å². The van der Waals surface area contributed by atoms with E-state index < -0.39 is 11.7 Å². The minimum atomic E-state index is -0.576. The molecule has 27 heavy (non-hydrogen) atoms. The smallest absolute Gasteiger partial charge is 0.266 e. The zero-order chi connectivity index (χ0) is 19.6. The lowest BCUT2D eigenvalue weighted by Crippen LogP contribution is -2.13. The predicted molar refractivity (Wildman–Crippen MR) is 102 cm³/mol. The van der Waals surface area contributed by atoms with Gasteiger partial charge in [-0.15, -0.1) is 0 Å². The van der Waals surface area contributed by atoms with Gasteiger partial charge in [-0.05, 0) is 61.4 Å². The molecule has 0 atom stereocenters. The summed E-state index contributed by atoms with van der Waals surface area (Å²) in [5.41, 5.74) is 0.956. The van der Waals surface area contributed by atoms with Crippen molar-refractivity contribution in [3.05, 3.63) is 59.4 Å². The second-order valence-electron chi connectivity index (χ2n) is 5.62. The van der Waals surface area contributed by atoms with Crippen molar-refractivity contribution in [2.75, 3.05) is 18.5 Å². The maximum atomic E-state index is 12.9. The van der Waals surface area contributed by atoms with Gasteiger partial charge in [-0.2, -0.15) is 5.26 Å². The third kappa shape index (κ3) is 5.86. The summed E-state index contributed by atoms with van der Waals surface area (Å²) in [5.74, 6) is 0.187. The van der Waals surface area contributed by atoms with E-state index in [1.165, 1.54) is 30.3 Å². The van der Waals surface area contributed by atoms with Gasteiger partial charge in [0.05, 0.1) is 13.2 Å². The molecule has 1 amide bonds. The summed E-state index contributed by atoms with van der Waals surface area (Å²) in [6, 6.07) is 12.4. The number of benzene rings is 2. The van der Waals surface area contributed by atoms with Gasteiger partial charge in [0, 0.05) is 5.69 Å². The van der Waals surface area contributed by atoms with E-state index in [9.17, 15) is 14.4 Å². The van der Waals surface area contributed by atoms with Crippen LogP contribution in [0.5, 0.6) is 11.5 Å². The molecule has 0 aliphatic heterocycles. The van der Waals surface area contributed by atoms with Crippen molar-refractivity contribution in [1.29, 1.82) is 5.26 Å². The Bertz CT molecular complexity index is 855. The fourth-order valence-electron chi connectivity index (χ4n) is 2.26. The van der Waals surface area contributed by atoms with E-state index in [1.54, 1.807) is 18.2 Å². The molecule has 140 valence electrons. The molecule has 0 aromatic heterocycles. The first-order valence-corrected chi connectivity index (χ1v) is 8.65. The van der Waals surface area contributed by atoms with Gasteiger partial charge in [-0.25, -0.2) is 4.39 Å². The molecular formula is C21H21FN2O3. The highest BCUT2D eigenvalue weighted by Crippen LogP contribution is 2.29. The van der Waals surface area contributed by atoms with Gasteiger partial charge in [0.15, 0.2) is 11.5 Å². The van der Waals surface area contributed by atoms with Crippen molar-refractivity contribution in [3.63, 3.8) is 0 Å². The Labute approximate surface area is 158 Å². The number of carbonyl (C=O) groups is 1. The van der Waals surface area contributed by atoms with Crippen LogP contribution in [-0.4, -0.2) is 19.1 Å². The molecule has 0 aliphatic rings. The summed E-state index contributed by atoms with van der Waals surface area (Å²) in [7, 11) is 0. The van der Waals surface area contributed by atoms with Crippen LogP contribution in [0.2, 0.25) is 0 Å². The Morgan fingerprint density at radius 2 is 1.89 bits per heavy atom. The predicted octanol–water partition coefficient (Wildman–Crippen LogP) is 4.56. The van der Waals surface area contributed by atoms with Gasteiger partial charge < -0.3 is 14.8 Å². The van der Waals surface area contributed by atoms with E-state index in [4.69, 9.17) is 9.47 Å². The number of rotatable bonds is 8. The molecule has 0 spiro atoms. The molecule has 0 saturated carbocycles. The molecule has 0 aliphatic carbocycles. The summed E-state index contributed by atoms with van der Waals surface area (Å²) in [4.78, 5) is 12.3. The number of amides is 1. The maximum Gasteiger partial charge on any atom is 0.266 e. The van der Waals surface area contributed by atoms with E-state index in [0.29, 0.717) is 36.0 Å². The summed E-state index contributed by atoms with van der Waals surface area (Å²) in [6.45, 7) is 4.91. The number of nitrogens with one attached hydrogen (secondary N) is 1. The average molecular weight is 368 g/mol. The second kappa shape index (κ2) is 9.97. The lowest BCUT2D eigenvalue weighted by molar-refractivity contribution is -0.112. The average Bonchev–Trinajstić information content (AvgIpc) is 2.67. The number of nitrogens with zero attached hydrogens (tertiary/aromatic N) is 1. The molecule has 0 fully saturated rings. The van der Waals surface area contributed by atoms with Crippen molar-refractivity contribution < 1.29 is 18.7 Å². The Hall–Kier alpha value is -3.33.